The van der Waals surface area contributed by atoms with Gasteiger partial charge in [0.15, 0.2) is 4.67 Å². The fraction of sp³-hybridized carbons (Fsp3) is 0. The average molecular weight is 263 g/mol. The third kappa shape index (κ3) is 1.37. The number of nitrogens with zero attached hydrogens (tertiary/aromatic N) is 1. The number of nitrogens with one attached hydrogen (secondary N) is 1. The van der Waals surface area contributed by atoms with Gasteiger partial charge in [-0.15, -0.1) is 0 Å². The molecule has 2 aromatic heterocycles. The van der Waals surface area contributed by atoms with Crippen LogP contribution in [0.5, 0.6) is 0 Å². The molecule has 4 heteroatoms. The number of aromatic nitrogens is 2. The maximum atomic E-state index is 5.17. The molecule has 0 unspecified atom stereocenters. The van der Waals surface area contributed by atoms with Crippen molar-refractivity contribution in [1.29, 1.82) is 0 Å². The van der Waals surface area contributed by atoms with Gasteiger partial charge in [0.25, 0.3) is 0 Å². The third-order valence-electron chi connectivity index (χ3n) is 2.26. The summed E-state index contributed by atoms with van der Waals surface area (Å²) in [4.78, 5) is 7.71. The number of benzene rings is 1. The Morgan fingerprint density at radius 2 is 2.07 bits per heavy atom. The lowest BCUT2D eigenvalue weighted by molar-refractivity contribution is 0.542. The molecule has 3 nitrogen and oxygen atoms in total. The van der Waals surface area contributed by atoms with Gasteiger partial charge in [0.2, 0.25) is 0 Å². The van der Waals surface area contributed by atoms with Crippen LogP contribution in [-0.4, -0.2) is 9.97 Å². The van der Waals surface area contributed by atoms with Crippen LogP contribution in [0.4, 0.5) is 0 Å². The Morgan fingerprint density at radius 3 is 2.80 bits per heavy atom. The van der Waals surface area contributed by atoms with Crippen LogP contribution < -0.4 is 0 Å². The number of hydrogen-bond donors (Lipinski definition) is 1. The van der Waals surface area contributed by atoms with Crippen molar-refractivity contribution in [2.24, 2.45) is 0 Å². The Balaban J connectivity index is 2.24. The van der Waals surface area contributed by atoms with Crippen molar-refractivity contribution in [3.63, 3.8) is 0 Å². The predicted octanol–water partition coefficient (Wildman–Crippen LogP) is 3.59. The molecule has 0 aliphatic carbocycles. The summed E-state index contributed by atoms with van der Waals surface area (Å²) in [5.41, 5.74) is 2.92. The highest BCUT2D eigenvalue weighted by Crippen LogP contribution is 2.28. The smallest absolute Gasteiger partial charge is 0.179 e. The van der Waals surface area contributed by atoms with E-state index >= 15 is 0 Å². The highest BCUT2D eigenvalue weighted by atomic mass is 79.9. The Labute approximate surface area is 94.3 Å². The molecule has 1 aromatic carbocycles. The standard InChI is InChI=1S/C11H7BrN2O/c12-10-7(5-6-15-10)11-13-8-3-1-2-4-9(8)14-11/h1-6H,(H,13,14). The molecule has 0 amide bonds. The maximum Gasteiger partial charge on any atom is 0.179 e. The summed E-state index contributed by atoms with van der Waals surface area (Å²) in [5, 5.41) is 0. The predicted molar refractivity (Wildman–Crippen MR) is 61.5 cm³/mol. The quantitative estimate of drug-likeness (QED) is 0.729. The molecule has 3 aromatic rings. The first-order chi connectivity index (χ1) is 7.34. The highest BCUT2D eigenvalue weighted by molar-refractivity contribution is 9.10. The number of halogens is 1. The summed E-state index contributed by atoms with van der Waals surface area (Å²) < 4.78 is 5.87. The Bertz CT molecular complexity index is 579. The number of imidazole rings is 1. The molecular weight excluding hydrogens is 256 g/mol. The van der Waals surface area contributed by atoms with Crippen molar-refractivity contribution in [3.05, 3.63) is 41.3 Å². The molecular formula is C11H7BrN2O. The number of rotatable bonds is 1. The summed E-state index contributed by atoms with van der Waals surface area (Å²) >= 11 is 3.33. The molecule has 0 spiro atoms. The molecule has 0 radical (unpaired) electrons. The molecule has 0 saturated carbocycles. The summed E-state index contributed by atoms with van der Waals surface area (Å²) in [5.74, 6) is 0.817. The minimum atomic E-state index is 0.696. The summed E-state index contributed by atoms with van der Waals surface area (Å²) in [7, 11) is 0. The van der Waals surface area contributed by atoms with E-state index in [1.165, 1.54) is 0 Å². The van der Waals surface area contributed by atoms with Gasteiger partial charge in [0.1, 0.15) is 5.82 Å². The summed E-state index contributed by atoms with van der Waals surface area (Å²) in [6.07, 6.45) is 1.63. The monoisotopic (exact) mass is 262 g/mol. The van der Waals surface area contributed by atoms with E-state index in [1.807, 2.05) is 30.3 Å². The Kier molecular flexibility index (Phi) is 1.89. The van der Waals surface area contributed by atoms with Gasteiger partial charge in [-0.1, -0.05) is 12.1 Å². The average Bonchev–Trinajstić information content (AvgIpc) is 2.82. The van der Waals surface area contributed by atoms with Crippen molar-refractivity contribution >= 4 is 27.0 Å². The van der Waals surface area contributed by atoms with Gasteiger partial charge in [0.05, 0.1) is 22.9 Å². The van der Waals surface area contributed by atoms with Gasteiger partial charge in [-0.05, 0) is 34.1 Å². The lowest BCUT2D eigenvalue weighted by Crippen LogP contribution is -1.76. The first-order valence-corrected chi connectivity index (χ1v) is 5.32. The van der Waals surface area contributed by atoms with Gasteiger partial charge in [-0.3, -0.25) is 0 Å². The van der Waals surface area contributed by atoms with E-state index < -0.39 is 0 Å². The van der Waals surface area contributed by atoms with Crippen molar-refractivity contribution in [1.82, 2.24) is 9.97 Å². The highest BCUT2D eigenvalue weighted by Gasteiger charge is 2.09. The first kappa shape index (κ1) is 8.73. The largest absolute Gasteiger partial charge is 0.457 e. The normalized spacial score (nSPS) is 11.0. The van der Waals surface area contributed by atoms with Crippen molar-refractivity contribution in [2.75, 3.05) is 0 Å². The number of furan rings is 1. The number of para-hydroxylation sites is 2. The second-order valence-corrected chi connectivity index (χ2v) is 3.93. The second kappa shape index (κ2) is 3.24. The zero-order valence-electron chi connectivity index (χ0n) is 7.70. The summed E-state index contributed by atoms with van der Waals surface area (Å²) in [6, 6.07) is 9.80. The molecule has 15 heavy (non-hydrogen) atoms. The zero-order valence-corrected chi connectivity index (χ0v) is 9.28. The minimum Gasteiger partial charge on any atom is -0.457 e. The fourth-order valence-electron chi connectivity index (χ4n) is 1.54. The van der Waals surface area contributed by atoms with Crippen LogP contribution >= 0.6 is 15.9 Å². The van der Waals surface area contributed by atoms with Crippen LogP contribution in [0, 0.1) is 0 Å². The molecule has 74 valence electrons. The van der Waals surface area contributed by atoms with Crippen LogP contribution in [0.3, 0.4) is 0 Å². The van der Waals surface area contributed by atoms with Gasteiger partial charge in [0, 0.05) is 0 Å². The van der Waals surface area contributed by atoms with Crippen LogP contribution in [0.15, 0.2) is 45.7 Å². The maximum absolute atomic E-state index is 5.17. The van der Waals surface area contributed by atoms with E-state index in [-0.39, 0.29) is 0 Å². The van der Waals surface area contributed by atoms with E-state index in [2.05, 4.69) is 25.9 Å². The lowest BCUT2D eigenvalue weighted by Gasteiger charge is -1.89. The first-order valence-electron chi connectivity index (χ1n) is 4.53. The van der Waals surface area contributed by atoms with Gasteiger partial charge in [-0.2, -0.15) is 0 Å². The molecule has 0 atom stereocenters. The van der Waals surface area contributed by atoms with Crippen molar-refractivity contribution in [3.8, 4) is 11.4 Å². The second-order valence-electron chi connectivity index (χ2n) is 3.21. The Hall–Kier alpha value is -1.55. The van der Waals surface area contributed by atoms with E-state index in [9.17, 15) is 0 Å². The lowest BCUT2D eigenvalue weighted by atomic mass is 10.3. The van der Waals surface area contributed by atoms with Crippen LogP contribution in [0.1, 0.15) is 0 Å². The van der Waals surface area contributed by atoms with Gasteiger partial charge < -0.3 is 9.40 Å². The number of aromatic amines is 1. The molecule has 0 aliphatic rings. The Morgan fingerprint density at radius 1 is 1.20 bits per heavy atom. The molecule has 0 fully saturated rings. The molecule has 2 heterocycles. The molecule has 0 saturated heterocycles. The van der Waals surface area contributed by atoms with Gasteiger partial charge in [-0.25, -0.2) is 4.98 Å². The fourth-order valence-corrected chi connectivity index (χ4v) is 1.97. The van der Waals surface area contributed by atoms with E-state index in [1.54, 1.807) is 6.26 Å². The molecule has 3 rings (SSSR count). The molecule has 0 bridgehead atoms. The van der Waals surface area contributed by atoms with E-state index in [4.69, 9.17) is 4.42 Å². The van der Waals surface area contributed by atoms with Gasteiger partial charge >= 0.3 is 0 Å². The van der Waals surface area contributed by atoms with E-state index in [0.29, 0.717) is 4.67 Å². The number of H-pyrrole nitrogens is 1. The zero-order chi connectivity index (χ0) is 10.3. The molecule has 0 aliphatic heterocycles. The topological polar surface area (TPSA) is 41.8 Å². The van der Waals surface area contributed by atoms with Crippen LogP contribution in [0.2, 0.25) is 0 Å². The third-order valence-corrected chi connectivity index (χ3v) is 2.88. The van der Waals surface area contributed by atoms with Crippen LogP contribution in [0.25, 0.3) is 22.4 Å². The van der Waals surface area contributed by atoms with Crippen molar-refractivity contribution < 1.29 is 4.42 Å². The van der Waals surface area contributed by atoms with E-state index in [0.717, 1.165) is 22.4 Å². The van der Waals surface area contributed by atoms with Crippen molar-refractivity contribution in [2.45, 2.75) is 0 Å². The minimum absolute atomic E-state index is 0.696. The SMILES string of the molecule is Brc1occc1-c1nc2ccccc2[nH]1. The number of hydrogen-bond acceptors (Lipinski definition) is 2. The van der Waals surface area contributed by atoms with Crippen LogP contribution in [-0.2, 0) is 0 Å². The molecule has 1 N–H and O–H groups in total. The summed E-state index contributed by atoms with van der Waals surface area (Å²) in [6.45, 7) is 0. The number of fused-ring (bicyclic) bond motifs is 1.